The van der Waals surface area contributed by atoms with E-state index in [1.807, 2.05) is 18.7 Å². The van der Waals surface area contributed by atoms with E-state index in [1.54, 1.807) is 0 Å². The molecule has 1 aromatic rings. The van der Waals surface area contributed by atoms with E-state index >= 15 is 0 Å². The maximum Gasteiger partial charge on any atom is 0.134 e. The van der Waals surface area contributed by atoms with Gasteiger partial charge in [0.2, 0.25) is 0 Å². The normalized spacial score (nSPS) is 21.9. The molecule has 0 aliphatic carbocycles. The number of hydrogen-bond acceptors (Lipinski definition) is 4. The molecule has 0 saturated carbocycles. The molecule has 5 heteroatoms. The van der Waals surface area contributed by atoms with Crippen molar-refractivity contribution in [2.45, 2.75) is 32.9 Å². The third-order valence-electron chi connectivity index (χ3n) is 2.76. The second-order valence-corrected chi connectivity index (χ2v) is 4.99. The predicted molar refractivity (Wildman–Crippen MR) is 63.3 cm³/mol. The van der Waals surface area contributed by atoms with Crippen molar-refractivity contribution in [3.05, 3.63) is 11.6 Å². The summed E-state index contributed by atoms with van der Waals surface area (Å²) in [7, 11) is 0. The van der Waals surface area contributed by atoms with E-state index in [0.29, 0.717) is 6.04 Å². The molecule has 0 bridgehead atoms. The Kier molecular flexibility index (Phi) is 3.64. The highest BCUT2D eigenvalue weighted by atomic mass is 32.2. The van der Waals surface area contributed by atoms with Gasteiger partial charge < -0.3 is 9.88 Å². The average molecular weight is 226 g/mol. The first kappa shape index (κ1) is 11.0. The molecule has 2 rings (SSSR count). The van der Waals surface area contributed by atoms with Gasteiger partial charge in [0.05, 0.1) is 0 Å². The zero-order valence-corrected chi connectivity index (χ0v) is 10.2. The summed E-state index contributed by atoms with van der Waals surface area (Å²) in [5.41, 5.74) is 0. The predicted octanol–water partition coefficient (Wildman–Crippen LogP) is 0.854. The van der Waals surface area contributed by atoms with Crippen LogP contribution in [0.5, 0.6) is 0 Å². The molecule has 84 valence electrons. The molecule has 0 amide bonds. The van der Waals surface area contributed by atoms with Crippen LogP contribution < -0.4 is 5.32 Å². The Balaban J connectivity index is 2.02. The summed E-state index contributed by atoms with van der Waals surface area (Å²) >= 11 is 2.02. The van der Waals surface area contributed by atoms with Crippen molar-refractivity contribution in [3.63, 3.8) is 0 Å². The molecule has 1 aliphatic rings. The number of aryl methyl sites for hydroxylation is 1. The van der Waals surface area contributed by atoms with Crippen LogP contribution in [0.25, 0.3) is 0 Å². The highest BCUT2D eigenvalue weighted by Crippen LogP contribution is 2.12. The van der Waals surface area contributed by atoms with Crippen LogP contribution in [-0.2, 0) is 13.0 Å². The minimum atomic E-state index is 0.567. The van der Waals surface area contributed by atoms with Crippen molar-refractivity contribution in [1.82, 2.24) is 20.1 Å². The van der Waals surface area contributed by atoms with Gasteiger partial charge in [0.25, 0.3) is 0 Å². The molecule has 1 N–H and O–H groups in total. The smallest absolute Gasteiger partial charge is 0.134 e. The lowest BCUT2D eigenvalue weighted by Gasteiger charge is -2.22. The van der Waals surface area contributed by atoms with Crippen LogP contribution in [-0.4, -0.2) is 38.9 Å². The van der Waals surface area contributed by atoms with Gasteiger partial charge >= 0.3 is 0 Å². The van der Waals surface area contributed by atoms with Crippen LogP contribution in [0.3, 0.4) is 0 Å². The molecule has 1 aliphatic heterocycles. The van der Waals surface area contributed by atoms with E-state index in [-0.39, 0.29) is 0 Å². The lowest BCUT2D eigenvalue weighted by Crippen LogP contribution is -2.39. The number of nitrogens with one attached hydrogen (secondary N) is 1. The van der Waals surface area contributed by atoms with Gasteiger partial charge in [-0.25, -0.2) is 0 Å². The van der Waals surface area contributed by atoms with Gasteiger partial charge in [-0.2, -0.15) is 11.8 Å². The first-order valence-corrected chi connectivity index (χ1v) is 6.66. The van der Waals surface area contributed by atoms with Crippen LogP contribution >= 0.6 is 11.8 Å². The van der Waals surface area contributed by atoms with Crippen molar-refractivity contribution in [3.8, 4) is 0 Å². The second kappa shape index (κ2) is 4.99. The molecule has 1 unspecified atom stereocenters. The number of rotatable bonds is 3. The number of hydrogen-bond donors (Lipinski definition) is 1. The van der Waals surface area contributed by atoms with Gasteiger partial charge in [0.1, 0.15) is 11.6 Å². The van der Waals surface area contributed by atoms with Gasteiger partial charge in [0, 0.05) is 37.1 Å². The molecular weight excluding hydrogens is 208 g/mol. The molecule has 1 atom stereocenters. The lowest BCUT2D eigenvalue weighted by molar-refractivity contribution is 0.532. The van der Waals surface area contributed by atoms with Crippen molar-refractivity contribution >= 4 is 11.8 Å². The van der Waals surface area contributed by atoms with Crippen molar-refractivity contribution in [2.24, 2.45) is 0 Å². The maximum absolute atomic E-state index is 4.24. The van der Waals surface area contributed by atoms with Gasteiger partial charge in [-0.05, 0) is 13.8 Å². The summed E-state index contributed by atoms with van der Waals surface area (Å²) in [5, 5.41) is 11.9. The fraction of sp³-hybridized carbons (Fsp3) is 0.800. The summed E-state index contributed by atoms with van der Waals surface area (Å²) in [6.07, 6.45) is 1.00. The minimum Gasteiger partial charge on any atom is -0.315 e. The summed E-state index contributed by atoms with van der Waals surface area (Å²) in [6.45, 7) is 6.24. The van der Waals surface area contributed by atoms with E-state index in [9.17, 15) is 0 Å². The van der Waals surface area contributed by atoms with Crippen molar-refractivity contribution in [2.75, 3.05) is 18.1 Å². The van der Waals surface area contributed by atoms with Gasteiger partial charge in [0.15, 0.2) is 0 Å². The summed E-state index contributed by atoms with van der Waals surface area (Å²) in [6, 6.07) is 0.567. The largest absolute Gasteiger partial charge is 0.315 e. The Labute approximate surface area is 94.8 Å². The third-order valence-corrected chi connectivity index (χ3v) is 3.89. The fourth-order valence-electron chi connectivity index (χ4n) is 1.96. The van der Waals surface area contributed by atoms with Crippen LogP contribution in [0, 0.1) is 6.92 Å². The van der Waals surface area contributed by atoms with Gasteiger partial charge in [-0.1, -0.05) is 0 Å². The first-order valence-electron chi connectivity index (χ1n) is 5.51. The number of aromatic nitrogens is 3. The fourth-order valence-corrected chi connectivity index (χ4v) is 2.91. The Morgan fingerprint density at radius 3 is 3.07 bits per heavy atom. The van der Waals surface area contributed by atoms with E-state index in [1.165, 1.54) is 11.5 Å². The van der Waals surface area contributed by atoms with Gasteiger partial charge in [-0.15, -0.1) is 10.2 Å². The SMILES string of the molecule is CCn1c(C)nnc1CC1CSCCN1. The summed E-state index contributed by atoms with van der Waals surface area (Å²) in [5.74, 6) is 4.57. The molecule has 15 heavy (non-hydrogen) atoms. The average Bonchev–Trinajstić information content (AvgIpc) is 2.61. The number of nitrogens with zero attached hydrogens (tertiary/aromatic N) is 3. The second-order valence-electron chi connectivity index (χ2n) is 3.84. The monoisotopic (exact) mass is 226 g/mol. The molecular formula is C10H18N4S. The molecule has 0 radical (unpaired) electrons. The molecule has 4 nitrogen and oxygen atoms in total. The van der Waals surface area contributed by atoms with Crippen LogP contribution in [0.1, 0.15) is 18.6 Å². The topological polar surface area (TPSA) is 42.7 Å². The zero-order chi connectivity index (χ0) is 10.7. The Morgan fingerprint density at radius 1 is 1.53 bits per heavy atom. The molecule has 1 aromatic heterocycles. The van der Waals surface area contributed by atoms with Crippen molar-refractivity contribution < 1.29 is 0 Å². The lowest BCUT2D eigenvalue weighted by atomic mass is 10.2. The maximum atomic E-state index is 4.24. The van der Waals surface area contributed by atoms with Crippen LogP contribution in [0.4, 0.5) is 0 Å². The Bertz CT molecular complexity index is 317. The first-order chi connectivity index (χ1) is 7.31. The number of thioether (sulfide) groups is 1. The molecule has 0 aromatic carbocycles. The van der Waals surface area contributed by atoms with Crippen molar-refractivity contribution in [1.29, 1.82) is 0 Å². The van der Waals surface area contributed by atoms with E-state index < -0.39 is 0 Å². The van der Waals surface area contributed by atoms with E-state index in [0.717, 1.165) is 31.2 Å². The standard InChI is InChI=1S/C10H18N4S/c1-3-14-8(2)12-13-10(14)6-9-7-15-5-4-11-9/h9,11H,3-7H2,1-2H3. The highest BCUT2D eigenvalue weighted by molar-refractivity contribution is 7.99. The quantitative estimate of drug-likeness (QED) is 0.830. The van der Waals surface area contributed by atoms with Gasteiger partial charge in [-0.3, -0.25) is 0 Å². The molecule has 1 fully saturated rings. The highest BCUT2D eigenvalue weighted by Gasteiger charge is 2.17. The van der Waals surface area contributed by atoms with E-state index in [2.05, 4.69) is 27.0 Å². The van der Waals surface area contributed by atoms with Crippen LogP contribution in [0.15, 0.2) is 0 Å². The molecule has 0 spiro atoms. The summed E-state index contributed by atoms with van der Waals surface area (Å²) in [4.78, 5) is 0. The Morgan fingerprint density at radius 2 is 2.40 bits per heavy atom. The van der Waals surface area contributed by atoms with Crippen LogP contribution in [0.2, 0.25) is 0 Å². The minimum absolute atomic E-state index is 0.567. The third kappa shape index (κ3) is 2.52. The molecule has 2 heterocycles. The van der Waals surface area contributed by atoms with E-state index in [4.69, 9.17) is 0 Å². The summed E-state index contributed by atoms with van der Waals surface area (Å²) < 4.78 is 2.20. The zero-order valence-electron chi connectivity index (χ0n) is 9.36. The molecule has 1 saturated heterocycles. The Hall–Kier alpha value is -0.550.